The lowest BCUT2D eigenvalue weighted by molar-refractivity contribution is -0.115. The minimum Gasteiger partial charge on any atom is -0.380 e. The van der Waals surface area contributed by atoms with Crippen molar-refractivity contribution < 1.29 is 4.79 Å². The lowest BCUT2D eigenvalue weighted by Crippen LogP contribution is -2.03. The summed E-state index contributed by atoms with van der Waals surface area (Å²) in [4.78, 5) is 11.4. The summed E-state index contributed by atoms with van der Waals surface area (Å²) in [5.41, 5.74) is 3.72. The van der Waals surface area contributed by atoms with Crippen LogP contribution in [0.25, 0.3) is 0 Å². The van der Waals surface area contributed by atoms with Crippen LogP contribution in [0.4, 0.5) is 11.4 Å². The van der Waals surface area contributed by atoms with Gasteiger partial charge in [0.05, 0.1) is 23.3 Å². The van der Waals surface area contributed by atoms with Crippen LogP contribution in [0.3, 0.4) is 0 Å². The summed E-state index contributed by atoms with van der Waals surface area (Å²) in [7, 11) is 0. The molecule has 1 aromatic heterocycles. The molecule has 2 heterocycles. The average Bonchev–Trinajstić information content (AvgIpc) is 3.01. The maximum absolute atomic E-state index is 11.4. The highest BCUT2D eigenvalue weighted by atomic mass is 35.5. The molecule has 0 radical (unpaired) electrons. The summed E-state index contributed by atoms with van der Waals surface area (Å²) in [6.45, 7) is 3.55. The number of nitrogens with one attached hydrogen (secondary N) is 2. The van der Waals surface area contributed by atoms with E-state index in [2.05, 4.69) is 15.7 Å². The molecule has 0 unspecified atom stereocenters. The summed E-state index contributed by atoms with van der Waals surface area (Å²) < 4.78 is 1.88. The van der Waals surface area contributed by atoms with Crippen LogP contribution in [0.2, 0.25) is 5.02 Å². The van der Waals surface area contributed by atoms with Gasteiger partial charge in [-0.25, -0.2) is 0 Å². The van der Waals surface area contributed by atoms with Gasteiger partial charge in [0.1, 0.15) is 0 Å². The van der Waals surface area contributed by atoms with Crippen LogP contribution in [0.5, 0.6) is 0 Å². The second-order valence-corrected chi connectivity index (χ2v) is 5.18. The minimum absolute atomic E-state index is 0.0115. The van der Waals surface area contributed by atoms with Crippen LogP contribution in [0.15, 0.2) is 24.5 Å². The van der Waals surface area contributed by atoms with E-state index in [0.717, 1.165) is 29.0 Å². The third kappa shape index (κ3) is 2.49. The van der Waals surface area contributed by atoms with E-state index < -0.39 is 0 Å². The summed E-state index contributed by atoms with van der Waals surface area (Å²) in [6.07, 6.45) is 4.25. The molecule has 20 heavy (non-hydrogen) atoms. The summed E-state index contributed by atoms with van der Waals surface area (Å²) in [5.74, 6) is 0.0115. The van der Waals surface area contributed by atoms with Gasteiger partial charge in [0.2, 0.25) is 5.91 Å². The zero-order valence-corrected chi connectivity index (χ0v) is 11.9. The van der Waals surface area contributed by atoms with Crippen molar-refractivity contribution >= 4 is 28.9 Å². The SMILES string of the molecule is CCn1cc(CNc2cc3c(cc2Cl)NC(=O)C3)cn1. The van der Waals surface area contributed by atoms with Crippen molar-refractivity contribution in [2.45, 2.75) is 26.4 Å². The Kier molecular flexibility index (Phi) is 3.36. The Bertz CT molecular complexity index is 665. The molecule has 0 saturated heterocycles. The molecule has 0 fully saturated rings. The van der Waals surface area contributed by atoms with Gasteiger partial charge in [0, 0.05) is 30.5 Å². The molecule has 1 amide bonds. The highest BCUT2D eigenvalue weighted by Gasteiger charge is 2.19. The van der Waals surface area contributed by atoms with E-state index in [1.165, 1.54) is 0 Å². The Morgan fingerprint density at radius 1 is 1.50 bits per heavy atom. The minimum atomic E-state index is 0.0115. The number of hydrogen-bond acceptors (Lipinski definition) is 3. The van der Waals surface area contributed by atoms with E-state index in [1.54, 1.807) is 6.07 Å². The van der Waals surface area contributed by atoms with Gasteiger partial charge in [-0.2, -0.15) is 5.10 Å². The molecule has 0 spiro atoms. The number of hydrogen-bond donors (Lipinski definition) is 2. The average molecular weight is 291 g/mol. The third-order valence-electron chi connectivity index (χ3n) is 3.31. The lowest BCUT2D eigenvalue weighted by atomic mass is 10.1. The largest absolute Gasteiger partial charge is 0.380 e. The molecular weight excluding hydrogens is 276 g/mol. The Morgan fingerprint density at radius 2 is 2.35 bits per heavy atom. The van der Waals surface area contributed by atoms with Gasteiger partial charge in [0.25, 0.3) is 0 Å². The molecule has 1 aliphatic rings. The molecule has 5 nitrogen and oxygen atoms in total. The van der Waals surface area contributed by atoms with Gasteiger partial charge in [0.15, 0.2) is 0 Å². The zero-order chi connectivity index (χ0) is 14.1. The quantitative estimate of drug-likeness (QED) is 0.910. The smallest absolute Gasteiger partial charge is 0.228 e. The van der Waals surface area contributed by atoms with Crippen molar-refractivity contribution in [2.24, 2.45) is 0 Å². The van der Waals surface area contributed by atoms with E-state index >= 15 is 0 Å². The van der Waals surface area contributed by atoms with Gasteiger partial charge >= 0.3 is 0 Å². The summed E-state index contributed by atoms with van der Waals surface area (Å²) in [6, 6.07) is 3.72. The standard InChI is InChI=1S/C14H15ClN4O/c1-2-19-8-9(7-17-19)6-16-13-3-10-4-14(20)18-12(10)5-11(13)15/h3,5,7-8,16H,2,4,6H2,1H3,(H,18,20). The lowest BCUT2D eigenvalue weighted by Gasteiger charge is -2.09. The van der Waals surface area contributed by atoms with Crippen LogP contribution in [-0.2, 0) is 24.3 Å². The number of fused-ring (bicyclic) bond motifs is 1. The molecular formula is C14H15ClN4O. The molecule has 0 bridgehead atoms. The summed E-state index contributed by atoms with van der Waals surface area (Å²) >= 11 is 6.22. The highest BCUT2D eigenvalue weighted by molar-refractivity contribution is 6.33. The molecule has 6 heteroatoms. The first kappa shape index (κ1) is 13.0. The summed E-state index contributed by atoms with van der Waals surface area (Å²) in [5, 5.41) is 10.9. The number of carbonyl (C=O) groups is 1. The van der Waals surface area contributed by atoms with E-state index in [1.807, 2.05) is 30.1 Å². The first-order valence-corrected chi connectivity index (χ1v) is 6.91. The normalized spacial score (nSPS) is 13.2. The second-order valence-electron chi connectivity index (χ2n) is 4.77. The molecule has 1 aromatic carbocycles. The number of benzene rings is 1. The number of rotatable bonds is 4. The molecule has 3 rings (SSSR count). The fourth-order valence-corrected chi connectivity index (χ4v) is 2.48. The van der Waals surface area contributed by atoms with Gasteiger partial charge < -0.3 is 10.6 Å². The molecule has 2 aromatic rings. The van der Waals surface area contributed by atoms with Crippen molar-refractivity contribution in [3.8, 4) is 0 Å². The number of amides is 1. The van der Waals surface area contributed by atoms with E-state index in [4.69, 9.17) is 11.6 Å². The highest BCUT2D eigenvalue weighted by Crippen LogP contribution is 2.33. The van der Waals surface area contributed by atoms with Crippen LogP contribution in [0, 0.1) is 0 Å². The topological polar surface area (TPSA) is 59.0 Å². The van der Waals surface area contributed by atoms with Crippen molar-refractivity contribution in [3.63, 3.8) is 0 Å². The number of anilines is 2. The van der Waals surface area contributed by atoms with Crippen molar-refractivity contribution in [1.29, 1.82) is 0 Å². The molecule has 104 valence electrons. The Hall–Kier alpha value is -2.01. The van der Waals surface area contributed by atoms with Crippen LogP contribution >= 0.6 is 11.6 Å². The number of nitrogens with zero attached hydrogens (tertiary/aromatic N) is 2. The fraction of sp³-hybridized carbons (Fsp3) is 0.286. The Labute approximate surface area is 121 Å². The molecule has 0 aliphatic carbocycles. The number of carbonyl (C=O) groups excluding carboxylic acids is 1. The van der Waals surface area contributed by atoms with Gasteiger partial charge in [-0.1, -0.05) is 11.6 Å². The fourth-order valence-electron chi connectivity index (χ4n) is 2.25. The van der Waals surface area contributed by atoms with Crippen LogP contribution in [-0.4, -0.2) is 15.7 Å². The van der Waals surface area contributed by atoms with Crippen molar-refractivity contribution in [3.05, 3.63) is 40.7 Å². The predicted octanol–water partition coefficient (Wildman–Crippen LogP) is 2.66. The Balaban J connectivity index is 1.74. The van der Waals surface area contributed by atoms with Gasteiger partial charge in [-0.05, 0) is 24.6 Å². The van der Waals surface area contributed by atoms with E-state index in [0.29, 0.717) is 18.0 Å². The number of aromatic nitrogens is 2. The first-order chi connectivity index (χ1) is 9.65. The molecule has 1 aliphatic heterocycles. The van der Waals surface area contributed by atoms with E-state index in [-0.39, 0.29) is 5.91 Å². The number of halogens is 1. The van der Waals surface area contributed by atoms with Crippen molar-refractivity contribution in [1.82, 2.24) is 9.78 Å². The maximum atomic E-state index is 11.4. The van der Waals surface area contributed by atoms with E-state index in [9.17, 15) is 4.79 Å². The maximum Gasteiger partial charge on any atom is 0.228 e. The Morgan fingerprint density at radius 3 is 3.10 bits per heavy atom. The zero-order valence-electron chi connectivity index (χ0n) is 11.1. The molecule has 2 N–H and O–H groups in total. The van der Waals surface area contributed by atoms with Crippen molar-refractivity contribution in [2.75, 3.05) is 10.6 Å². The van der Waals surface area contributed by atoms with Gasteiger partial charge in [-0.3, -0.25) is 9.48 Å². The van der Waals surface area contributed by atoms with Crippen LogP contribution < -0.4 is 10.6 Å². The number of aryl methyl sites for hydroxylation is 1. The monoisotopic (exact) mass is 290 g/mol. The molecule has 0 atom stereocenters. The van der Waals surface area contributed by atoms with Crippen LogP contribution in [0.1, 0.15) is 18.1 Å². The van der Waals surface area contributed by atoms with Gasteiger partial charge in [-0.15, -0.1) is 0 Å². The predicted molar refractivity (Wildman–Crippen MR) is 79.0 cm³/mol. The second kappa shape index (κ2) is 5.17. The first-order valence-electron chi connectivity index (χ1n) is 6.53. The third-order valence-corrected chi connectivity index (χ3v) is 3.62. The molecule has 0 saturated carbocycles.